The second kappa shape index (κ2) is 8.16. The van der Waals surface area contributed by atoms with Gasteiger partial charge in [-0.05, 0) is 45.9 Å². The number of hydrogen-bond donors (Lipinski definition) is 1. The van der Waals surface area contributed by atoms with Gasteiger partial charge in [0.15, 0.2) is 0 Å². The van der Waals surface area contributed by atoms with E-state index >= 15 is 0 Å². The summed E-state index contributed by atoms with van der Waals surface area (Å²) < 4.78 is 32.2. The van der Waals surface area contributed by atoms with Crippen LogP contribution in [0.15, 0.2) is 58.3 Å². The van der Waals surface area contributed by atoms with Gasteiger partial charge in [-0.25, -0.2) is 13.2 Å². The zero-order valence-corrected chi connectivity index (χ0v) is 19.7. The summed E-state index contributed by atoms with van der Waals surface area (Å²) >= 11 is 0. The monoisotopic (exact) mass is 455 g/mol. The molecule has 0 radical (unpaired) electrons. The number of anilines is 1. The van der Waals surface area contributed by atoms with Crippen LogP contribution in [0.2, 0.25) is 0 Å². The van der Waals surface area contributed by atoms with Crippen LogP contribution in [0.25, 0.3) is 10.9 Å². The molecule has 0 bridgehead atoms. The molecule has 2 aromatic carbocycles. The van der Waals surface area contributed by atoms with Gasteiger partial charge in [-0.2, -0.15) is 0 Å². The van der Waals surface area contributed by atoms with Crippen molar-refractivity contribution in [1.82, 2.24) is 9.88 Å². The van der Waals surface area contributed by atoms with Crippen molar-refractivity contribution < 1.29 is 17.9 Å². The molecule has 1 saturated heterocycles. The van der Waals surface area contributed by atoms with Crippen LogP contribution in [0.3, 0.4) is 0 Å². The fourth-order valence-electron chi connectivity index (χ4n) is 4.09. The van der Waals surface area contributed by atoms with Gasteiger partial charge in [-0.1, -0.05) is 30.3 Å². The van der Waals surface area contributed by atoms with E-state index in [4.69, 9.17) is 4.74 Å². The summed E-state index contributed by atoms with van der Waals surface area (Å²) in [4.78, 5) is 20.2. The normalized spacial score (nSPS) is 15.2. The number of sulfone groups is 1. The first-order valence-electron chi connectivity index (χ1n) is 10.7. The minimum absolute atomic E-state index is 0.278. The number of rotatable bonds is 3. The van der Waals surface area contributed by atoms with Gasteiger partial charge < -0.3 is 19.5 Å². The summed E-state index contributed by atoms with van der Waals surface area (Å²) in [5.74, 6) is 0. The number of H-pyrrole nitrogens is 1. The van der Waals surface area contributed by atoms with Crippen LogP contribution in [0, 0.1) is 6.92 Å². The predicted molar refractivity (Wildman–Crippen MR) is 125 cm³/mol. The highest BCUT2D eigenvalue weighted by atomic mass is 32.2. The molecule has 3 aromatic rings. The van der Waals surface area contributed by atoms with Crippen LogP contribution in [-0.4, -0.2) is 56.2 Å². The van der Waals surface area contributed by atoms with Crippen molar-refractivity contribution in [3.63, 3.8) is 0 Å². The first-order valence-corrected chi connectivity index (χ1v) is 12.2. The lowest BCUT2D eigenvalue weighted by atomic mass is 10.2. The maximum Gasteiger partial charge on any atom is 0.410 e. The summed E-state index contributed by atoms with van der Waals surface area (Å²) in [6.45, 7) is 9.72. The minimum atomic E-state index is -3.66. The minimum Gasteiger partial charge on any atom is -0.444 e. The largest absolute Gasteiger partial charge is 0.444 e. The third-order valence-electron chi connectivity index (χ3n) is 5.53. The maximum atomic E-state index is 13.4. The van der Waals surface area contributed by atoms with Crippen molar-refractivity contribution in [2.75, 3.05) is 31.1 Å². The number of fused-ring (bicyclic) bond motifs is 1. The fourth-order valence-corrected chi connectivity index (χ4v) is 5.76. The number of ether oxygens (including phenoxy) is 1. The molecule has 1 fully saturated rings. The van der Waals surface area contributed by atoms with Crippen LogP contribution >= 0.6 is 0 Å². The molecular weight excluding hydrogens is 426 g/mol. The van der Waals surface area contributed by atoms with Crippen LogP contribution in [-0.2, 0) is 14.6 Å². The molecule has 0 saturated carbocycles. The topological polar surface area (TPSA) is 82.7 Å². The molecule has 1 N–H and O–H groups in total. The van der Waals surface area contributed by atoms with Crippen molar-refractivity contribution >= 4 is 32.5 Å². The Bertz CT molecular complexity index is 1240. The Labute approximate surface area is 188 Å². The first-order chi connectivity index (χ1) is 15.1. The van der Waals surface area contributed by atoms with Crippen LogP contribution < -0.4 is 4.90 Å². The molecule has 32 heavy (non-hydrogen) atoms. The Morgan fingerprint density at radius 2 is 1.62 bits per heavy atom. The Balaban J connectivity index is 1.63. The lowest BCUT2D eigenvalue weighted by molar-refractivity contribution is 0.0240. The number of amides is 1. The van der Waals surface area contributed by atoms with Gasteiger partial charge in [0.2, 0.25) is 9.84 Å². The molecule has 7 nitrogen and oxygen atoms in total. The fraction of sp³-hybridized carbons (Fsp3) is 0.375. The number of aromatic amines is 1. The van der Waals surface area contributed by atoms with Crippen LogP contribution in [0.1, 0.15) is 26.5 Å². The molecule has 170 valence electrons. The summed E-state index contributed by atoms with van der Waals surface area (Å²) in [5.41, 5.74) is 1.82. The summed E-state index contributed by atoms with van der Waals surface area (Å²) in [7, 11) is -3.66. The van der Waals surface area contributed by atoms with E-state index in [0.29, 0.717) is 42.2 Å². The van der Waals surface area contributed by atoms with E-state index < -0.39 is 15.4 Å². The van der Waals surface area contributed by atoms with E-state index in [1.54, 1.807) is 42.2 Å². The number of hydrogen-bond acceptors (Lipinski definition) is 5. The zero-order chi connectivity index (χ0) is 23.1. The number of aromatic nitrogens is 1. The molecule has 4 rings (SSSR count). The van der Waals surface area contributed by atoms with E-state index in [1.165, 1.54) is 0 Å². The molecule has 2 heterocycles. The average Bonchev–Trinajstić information content (AvgIpc) is 3.10. The first kappa shape index (κ1) is 22.2. The van der Waals surface area contributed by atoms with Crippen molar-refractivity contribution in [2.45, 2.75) is 43.1 Å². The summed E-state index contributed by atoms with van der Waals surface area (Å²) in [6, 6.07) is 14.2. The van der Waals surface area contributed by atoms with Crippen molar-refractivity contribution in [1.29, 1.82) is 0 Å². The number of nitrogens with one attached hydrogen (secondary N) is 1. The van der Waals surface area contributed by atoms with E-state index in [1.807, 2.05) is 39.0 Å². The third-order valence-corrected chi connectivity index (χ3v) is 7.49. The molecule has 0 spiro atoms. The van der Waals surface area contributed by atoms with Gasteiger partial charge >= 0.3 is 6.09 Å². The Morgan fingerprint density at radius 3 is 2.25 bits per heavy atom. The van der Waals surface area contributed by atoms with Crippen LogP contribution in [0.4, 0.5) is 10.5 Å². The smallest absolute Gasteiger partial charge is 0.410 e. The standard InChI is InChI=1S/C24H29N3O4S/c1-17-22(32(29,30)18-9-6-5-7-10-18)19-11-8-12-20(21(19)25-17)26-13-15-27(16-14-26)23(28)31-24(2,3)4/h5-12,25H,13-16H2,1-4H3. The highest BCUT2D eigenvalue weighted by Gasteiger charge is 2.29. The predicted octanol–water partition coefficient (Wildman–Crippen LogP) is 4.37. The maximum absolute atomic E-state index is 13.4. The number of benzene rings is 2. The molecule has 0 unspecified atom stereocenters. The average molecular weight is 456 g/mol. The molecule has 0 atom stereocenters. The summed E-state index contributed by atoms with van der Waals surface area (Å²) in [6.07, 6.45) is -0.303. The van der Waals surface area contributed by atoms with Gasteiger partial charge in [-0.3, -0.25) is 0 Å². The van der Waals surface area contributed by atoms with Gasteiger partial charge in [0.1, 0.15) is 5.60 Å². The van der Waals surface area contributed by atoms with Gasteiger partial charge in [0, 0.05) is 37.3 Å². The van der Waals surface area contributed by atoms with E-state index in [0.717, 1.165) is 11.2 Å². The number of carbonyl (C=O) groups excluding carboxylic acids is 1. The summed E-state index contributed by atoms with van der Waals surface area (Å²) in [5, 5.41) is 0.679. The number of piperazine rings is 1. The quantitative estimate of drug-likeness (QED) is 0.634. The third kappa shape index (κ3) is 4.19. The lowest BCUT2D eigenvalue weighted by Crippen LogP contribution is -2.50. The second-order valence-electron chi connectivity index (χ2n) is 9.05. The molecule has 1 aromatic heterocycles. The van der Waals surface area contributed by atoms with E-state index in [9.17, 15) is 13.2 Å². The van der Waals surface area contributed by atoms with E-state index in [-0.39, 0.29) is 11.0 Å². The lowest BCUT2D eigenvalue weighted by Gasteiger charge is -2.37. The second-order valence-corrected chi connectivity index (χ2v) is 10.9. The van der Waals surface area contributed by atoms with Gasteiger partial charge in [-0.15, -0.1) is 0 Å². The Morgan fingerprint density at radius 1 is 0.969 bits per heavy atom. The van der Waals surface area contributed by atoms with Crippen molar-refractivity contribution in [3.05, 3.63) is 54.2 Å². The van der Waals surface area contributed by atoms with Crippen LogP contribution in [0.5, 0.6) is 0 Å². The Hall–Kier alpha value is -3.00. The van der Waals surface area contributed by atoms with E-state index in [2.05, 4.69) is 9.88 Å². The highest BCUT2D eigenvalue weighted by molar-refractivity contribution is 7.91. The highest BCUT2D eigenvalue weighted by Crippen LogP contribution is 2.36. The number of nitrogens with zero attached hydrogens (tertiary/aromatic N) is 2. The SMILES string of the molecule is Cc1[nH]c2c(N3CCN(C(=O)OC(C)(C)C)CC3)cccc2c1S(=O)(=O)c1ccccc1. The zero-order valence-electron chi connectivity index (χ0n) is 18.9. The molecule has 1 amide bonds. The van der Waals surface area contributed by atoms with Gasteiger partial charge in [0.05, 0.1) is 21.0 Å². The number of carbonyl (C=O) groups is 1. The molecule has 8 heteroatoms. The number of para-hydroxylation sites is 1. The van der Waals surface area contributed by atoms with Crippen molar-refractivity contribution in [2.24, 2.45) is 0 Å². The molecule has 1 aliphatic rings. The van der Waals surface area contributed by atoms with Crippen molar-refractivity contribution in [3.8, 4) is 0 Å². The number of aryl methyl sites for hydroxylation is 1. The molecular formula is C24H29N3O4S. The Kier molecular flexibility index (Phi) is 5.67. The molecule has 1 aliphatic heterocycles. The molecule has 0 aliphatic carbocycles. The van der Waals surface area contributed by atoms with Gasteiger partial charge in [0.25, 0.3) is 0 Å².